The Bertz CT molecular complexity index is 829. The fourth-order valence-corrected chi connectivity index (χ4v) is 3.73. The molecule has 0 aliphatic heterocycles. The minimum atomic E-state index is -0.0304. The molecular formula is C18H18BrN3OS. The highest BCUT2D eigenvalue weighted by molar-refractivity contribution is 9.10. The third-order valence-electron chi connectivity index (χ3n) is 3.60. The van der Waals surface area contributed by atoms with Crippen LogP contribution in [0.5, 0.6) is 0 Å². The predicted octanol–water partition coefficient (Wildman–Crippen LogP) is 4.27. The lowest BCUT2D eigenvalue weighted by molar-refractivity contribution is 0.0985. The van der Waals surface area contributed by atoms with Crippen molar-refractivity contribution in [1.29, 1.82) is 0 Å². The summed E-state index contributed by atoms with van der Waals surface area (Å²) in [4.78, 5) is 21.5. The maximum absolute atomic E-state index is 13.0. The molecule has 0 bridgehead atoms. The van der Waals surface area contributed by atoms with Crippen molar-refractivity contribution < 1.29 is 4.79 Å². The molecule has 24 heavy (non-hydrogen) atoms. The van der Waals surface area contributed by atoms with E-state index in [-0.39, 0.29) is 5.91 Å². The molecule has 0 fully saturated rings. The summed E-state index contributed by atoms with van der Waals surface area (Å²) in [6.07, 6.45) is 0. The summed E-state index contributed by atoms with van der Waals surface area (Å²) in [5.74, 6) is -0.0304. The van der Waals surface area contributed by atoms with Crippen molar-refractivity contribution in [1.82, 2.24) is 9.88 Å². The number of halogens is 1. The van der Waals surface area contributed by atoms with Gasteiger partial charge in [-0.1, -0.05) is 45.5 Å². The van der Waals surface area contributed by atoms with Crippen LogP contribution in [0.2, 0.25) is 0 Å². The van der Waals surface area contributed by atoms with Crippen LogP contribution in [0.15, 0.2) is 53.0 Å². The molecule has 0 aliphatic rings. The minimum absolute atomic E-state index is 0.0304. The molecule has 3 rings (SSSR count). The van der Waals surface area contributed by atoms with Crippen LogP contribution in [0.1, 0.15) is 10.4 Å². The summed E-state index contributed by atoms with van der Waals surface area (Å²) in [6.45, 7) is 1.37. The first kappa shape index (κ1) is 17.1. The summed E-state index contributed by atoms with van der Waals surface area (Å²) in [6, 6.07) is 15.4. The van der Waals surface area contributed by atoms with Crippen LogP contribution >= 0.6 is 27.3 Å². The number of hydrogen-bond acceptors (Lipinski definition) is 4. The van der Waals surface area contributed by atoms with Crippen LogP contribution in [-0.2, 0) is 0 Å². The molecule has 0 saturated carbocycles. The van der Waals surface area contributed by atoms with Gasteiger partial charge in [-0.15, -0.1) is 0 Å². The third-order valence-corrected chi connectivity index (χ3v) is 5.15. The molecule has 1 heterocycles. The molecule has 3 aromatic rings. The van der Waals surface area contributed by atoms with Gasteiger partial charge in [0.05, 0.1) is 10.2 Å². The number of carbonyl (C=O) groups is 1. The molecule has 6 heteroatoms. The van der Waals surface area contributed by atoms with Gasteiger partial charge in [0.1, 0.15) is 0 Å². The van der Waals surface area contributed by atoms with E-state index in [1.165, 1.54) is 0 Å². The molecule has 0 aliphatic carbocycles. The number of anilines is 1. The Morgan fingerprint density at radius 3 is 2.62 bits per heavy atom. The van der Waals surface area contributed by atoms with E-state index in [1.54, 1.807) is 16.2 Å². The Hall–Kier alpha value is -1.76. The molecule has 124 valence electrons. The summed E-state index contributed by atoms with van der Waals surface area (Å²) in [7, 11) is 4.00. The van der Waals surface area contributed by atoms with Gasteiger partial charge >= 0.3 is 0 Å². The zero-order valence-corrected chi connectivity index (χ0v) is 16.0. The number of nitrogens with zero attached hydrogens (tertiary/aromatic N) is 3. The minimum Gasteiger partial charge on any atom is -0.308 e. The number of likely N-dealkylation sites (N-methyl/N-ethyl adjacent to an activating group) is 1. The number of fused-ring (bicyclic) bond motifs is 1. The van der Waals surface area contributed by atoms with Gasteiger partial charge in [0, 0.05) is 23.1 Å². The second kappa shape index (κ2) is 7.42. The monoisotopic (exact) mass is 403 g/mol. The van der Waals surface area contributed by atoms with E-state index in [0.29, 0.717) is 12.1 Å². The van der Waals surface area contributed by atoms with Crippen molar-refractivity contribution in [2.45, 2.75) is 0 Å². The van der Waals surface area contributed by atoms with Crippen LogP contribution in [0.3, 0.4) is 0 Å². The van der Waals surface area contributed by atoms with Crippen LogP contribution in [0.25, 0.3) is 10.2 Å². The lowest BCUT2D eigenvalue weighted by Gasteiger charge is -2.22. The summed E-state index contributed by atoms with van der Waals surface area (Å²) in [5.41, 5.74) is 1.58. The van der Waals surface area contributed by atoms with Gasteiger partial charge in [0.2, 0.25) is 0 Å². The van der Waals surface area contributed by atoms with E-state index in [4.69, 9.17) is 0 Å². The third kappa shape index (κ3) is 3.83. The largest absolute Gasteiger partial charge is 0.308 e. The number of benzene rings is 2. The first-order valence-corrected chi connectivity index (χ1v) is 9.23. The van der Waals surface area contributed by atoms with Crippen LogP contribution in [-0.4, -0.2) is 43.0 Å². The first-order valence-electron chi connectivity index (χ1n) is 7.62. The van der Waals surface area contributed by atoms with Gasteiger partial charge in [-0.25, -0.2) is 4.98 Å². The normalized spacial score (nSPS) is 11.2. The molecule has 2 aromatic carbocycles. The zero-order chi connectivity index (χ0) is 17.1. The van der Waals surface area contributed by atoms with E-state index < -0.39 is 0 Å². The van der Waals surface area contributed by atoms with E-state index >= 15 is 0 Å². The number of hydrogen-bond donors (Lipinski definition) is 0. The lowest BCUT2D eigenvalue weighted by Crippen LogP contribution is -2.36. The topological polar surface area (TPSA) is 36.4 Å². The SMILES string of the molecule is CN(C)CCN(C(=O)c1cccc(Br)c1)c1nc2ccccc2s1. The molecular weight excluding hydrogens is 386 g/mol. The molecule has 1 amide bonds. The number of para-hydroxylation sites is 1. The average molecular weight is 404 g/mol. The predicted molar refractivity (Wildman–Crippen MR) is 104 cm³/mol. The standard InChI is InChI=1S/C18H18BrN3OS/c1-21(2)10-11-22(17(23)13-6-5-7-14(19)12-13)18-20-15-8-3-4-9-16(15)24-18/h3-9,12H,10-11H2,1-2H3. The van der Waals surface area contributed by atoms with Gasteiger partial charge in [0.15, 0.2) is 5.13 Å². The molecule has 0 saturated heterocycles. The van der Waals surface area contributed by atoms with Gasteiger partial charge in [-0.3, -0.25) is 9.69 Å². The Kier molecular flexibility index (Phi) is 5.28. The van der Waals surface area contributed by atoms with Crippen molar-refractivity contribution >= 4 is 48.5 Å². The number of carbonyl (C=O) groups excluding carboxylic acids is 1. The molecule has 0 unspecified atom stereocenters. The van der Waals surface area contributed by atoms with Crippen molar-refractivity contribution in [2.24, 2.45) is 0 Å². The van der Waals surface area contributed by atoms with Gasteiger partial charge < -0.3 is 4.90 Å². The quantitative estimate of drug-likeness (QED) is 0.638. The number of thiazole rings is 1. The fraction of sp³-hybridized carbons (Fsp3) is 0.222. The molecule has 0 atom stereocenters. The molecule has 0 N–H and O–H groups in total. The molecule has 4 nitrogen and oxygen atoms in total. The summed E-state index contributed by atoms with van der Waals surface area (Å²) >= 11 is 4.98. The number of amides is 1. The zero-order valence-electron chi connectivity index (χ0n) is 13.6. The highest BCUT2D eigenvalue weighted by atomic mass is 79.9. The molecule has 1 aromatic heterocycles. The Morgan fingerprint density at radius 1 is 1.12 bits per heavy atom. The summed E-state index contributed by atoms with van der Waals surface area (Å²) in [5, 5.41) is 0.739. The Labute approximate surface area is 153 Å². The Morgan fingerprint density at radius 2 is 1.92 bits per heavy atom. The van der Waals surface area contributed by atoms with E-state index in [2.05, 4.69) is 25.8 Å². The lowest BCUT2D eigenvalue weighted by atomic mass is 10.2. The second-order valence-electron chi connectivity index (χ2n) is 5.73. The second-order valence-corrected chi connectivity index (χ2v) is 7.66. The van der Waals surface area contributed by atoms with Crippen molar-refractivity contribution in [2.75, 3.05) is 32.1 Å². The van der Waals surface area contributed by atoms with Gasteiger partial charge in [-0.05, 0) is 44.4 Å². The molecule has 0 spiro atoms. The van der Waals surface area contributed by atoms with Crippen molar-refractivity contribution in [3.63, 3.8) is 0 Å². The summed E-state index contributed by atoms with van der Waals surface area (Å²) < 4.78 is 1.98. The highest BCUT2D eigenvalue weighted by Crippen LogP contribution is 2.29. The van der Waals surface area contributed by atoms with Gasteiger partial charge in [0.25, 0.3) is 5.91 Å². The maximum atomic E-state index is 13.0. The fourth-order valence-electron chi connectivity index (χ4n) is 2.34. The van der Waals surface area contributed by atoms with Crippen LogP contribution in [0, 0.1) is 0 Å². The first-order chi connectivity index (χ1) is 11.5. The van der Waals surface area contributed by atoms with E-state index in [9.17, 15) is 4.79 Å². The van der Waals surface area contributed by atoms with Gasteiger partial charge in [-0.2, -0.15) is 0 Å². The van der Waals surface area contributed by atoms with E-state index in [0.717, 1.165) is 26.4 Å². The maximum Gasteiger partial charge on any atom is 0.260 e. The smallest absolute Gasteiger partial charge is 0.260 e. The number of rotatable bonds is 5. The molecule has 0 radical (unpaired) electrons. The van der Waals surface area contributed by atoms with Crippen molar-refractivity contribution in [3.8, 4) is 0 Å². The number of aromatic nitrogens is 1. The van der Waals surface area contributed by atoms with E-state index in [1.807, 2.05) is 62.6 Å². The van der Waals surface area contributed by atoms with Crippen LogP contribution in [0.4, 0.5) is 5.13 Å². The highest BCUT2D eigenvalue weighted by Gasteiger charge is 2.21. The average Bonchev–Trinajstić information content (AvgIpc) is 2.98. The van der Waals surface area contributed by atoms with Crippen LogP contribution < -0.4 is 4.90 Å². The van der Waals surface area contributed by atoms with Crippen molar-refractivity contribution in [3.05, 3.63) is 58.6 Å². The Balaban J connectivity index is 1.97.